The number of nitrogens with two attached hydrogens (primary N) is 1. The summed E-state index contributed by atoms with van der Waals surface area (Å²) in [5.74, 6) is 0. The van der Waals surface area contributed by atoms with Crippen molar-refractivity contribution >= 4 is 11.8 Å². The molecule has 2 heteroatoms. The van der Waals surface area contributed by atoms with Crippen LogP contribution in [-0.2, 0) is 0 Å². The lowest BCUT2D eigenvalue weighted by atomic mass is 10.2. The summed E-state index contributed by atoms with van der Waals surface area (Å²) in [6.45, 7) is 5.77. The van der Waals surface area contributed by atoms with Gasteiger partial charge in [-0.05, 0) is 17.4 Å². The second-order valence-corrected chi connectivity index (χ2v) is 4.09. The molecule has 0 aliphatic heterocycles. The first kappa shape index (κ1) is 9.36. The maximum absolute atomic E-state index is 5.90. The molecule has 0 saturated carbocycles. The van der Waals surface area contributed by atoms with Crippen molar-refractivity contribution < 1.29 is 0 Å². The average molecular weight is 179 g/mol. The topological polar surface area (TPSA) is 26.0 Å². The molecule has 0 heterocycles. The molecule has 0 spiro atoms. The van der Waals surface area contributed by atoms with Crippen molar-refractivity contribution in [3.63, 3.8) is 0 Å². The van der Waals surface area contributed by atoms with Gasteiger partial charge in [0.25, 0.3) is 0 Å². The quantitative estimate of drug-likeness (QED) is 0.722. The lowest BCUT2D eigenvalue weighted by molar-refractivity contribution is 1.04. The molecular formula is C10H13NS. The fraction of sp³-hybridized carbons (Fsp3) is 0.200. The zero-order chi connectivity index (χ0) is 8.97. The zero-order valence-electron chi connectivity index (χ0n) is 7.16. The molecule has 0 aliphatic rings. The van der Waals surface area contributed by atoms with E-state index in [9.17, 15) is 0 Å². The van der Waals surface area contributed by atoms with E-state index in [0.29, 0.717) is 0 Å². The molecule has 0 aliphatic carbocycles. The molecule has 12 heavy (non-hydrogen) atoms. The largest absolute Gasteiger partial charge is 0.315 e. The summed E-state index contributed by atoms with van der Waals surface area (Å²) in [6.07, 6.45) is 0. The fourth-order valence-electron chi connectivity index (χ4n) is 0.928. The number of allylic oxidation sites excluding steroid dienone is 1. The van der Waals surface area contributed by atoms with Crippen LogP contribution in [0.25, 0.3) is 0 Å². The smallest absolute Gasteiger partial charge is 0.0807 e. The normalized spacial score (nSPS) is 12.5. The van der Waals surface area contributed by atoms with Gasteiger partial charge in [0.15, 0.2) is 0 Å². The highest BCUT2D eigenvalue weighted by Gasteiger charge is 2.04. The monoisotopic (exact) mass is 179 g/mol. The number of hydrogen-bond donors (Lipinski definition) is 1. The van der Waals surface area contributed by atoms with Crippen molar-refractivity contribution in [2.75, 3.05) is 0 Å². The van der Waals surface area contributed by atoms with E-state index in [1.807, 2.05) is 37.3 Å². The minimum Gasteiger partial charge on any atom is -0.315 e. The van der Waals surface area contributed by atoms with Gasteiger partial charge in [-0.15, -0.1) is 11.8 Å². The number of thioether (sulfide) groups is 1. The van der Waals surface area contributed by atoms with E-state index in [0.717, 1.165) is 10.5 Å². The van der Waals surface area contributed by atoms with Gasteiger partial charge < -0.3 is 5.73 Å². The Hall–Kier alpha value is -0.730. The minimum atomic E-state index is 0.0173. The van der Waals surface area contributed by atoms with E-state index in [2.05, 4.69) is 6.58 Å². The maximum Gasteiger partial charge on any atom is 0.0807 e. The average Bonchev–Trinajstić information content (AvgIpc) is 2.05. The van der Waals surface area contributed by atoms with Crippen molar-refractivity contribution in [3.8, 4) is 0 Å². The standard InChI is InChI=1S/C10H13NS/c1-8(2)12-10(11)9-6-4-3-5-7-9/h3-7,10H,1,11H2,2H3. The summed E-state index contributed by atoms with van der Waals surface area (Å²) in [6, 6.07) is 10.0. The Kier molecular flexibility index (Phi) is 3.38. The van der Waals surface area contributed by atoms with Gasteiger partial charge in [-0.25, -0.2) is 0 Å². The molecule has 1 atom stereocenters. The highest BCUT2D eigenvalue weighted by molar-refractivity contribution is 8.03. The van der Waals surface area contributed by atoms with E-state index in [1.54, 1.807) is 11.8 Å². The van der Waals surface area contributed by atoms with E-state index in [1.165, 1.54) is 0 Å². The summed E-state index contributed by atoms with van der Waals surface area (Å²) >= 11 is 1.59. The third-order valence-corrected chi connectivity index (χ3v) is 2.38. The second kappa shape index (κ2) is 4.33. The summed E-state index contributed by atoms with van der Waals surface area (Å²) in [5, 5.41) is 0.0173. The molecule has 2 N–H and O–H groups in total. The summed E-state index contributed by atoms with van der Waals surface area (Å²) in [7, 11) is 0. The molecule has 1 unspecified atom stereocenters. The van der Waals surface area contributed by atoms with Crippen LogP contribution in [0.15, 0.2) is 41.8 Å². The number of hydrogen-bond acceptors (Lipinski definition) is 2. The number of benzene rings is 1. The first-order valence-electron chi connectivity index (χ1n) is 3.83. The van der Waals surface area contributed by atoms with Crippen molar-refractivity contribution in [3.05, 3.63) is 47.4 Å². The zero-order valence-corrected chi connectivity index (χ0v) is 7.97. The number of rotatable bonds is 3. The lowest BCUT2D eigenvalue weighted by Gasteiger charge is -2.10. The summed E-state index contributed by atoms with van der Waals surface area (Å²) in [5.41, 5.74) is 7.04. The van der Waals surface area contributed by atoms with Crippen LogP contribution < -0.4 is 5.73 Å². The van der Waals surface area contributed by atoms with Crippen LogP contribution in [0.3, 0.4) is 0 Å². The van der Waals surface area contributed by atoms with Crippen LogP contribution in [0.5, 0.6) is 0 Å². The van der Waals surface area contributed by atoms with Crippen molar-refractivity contribution in [2.45, 2.75) is 12.3 Å². The highest BCUT2D eigenvalue weighted by Crippen LogP contribution is 2.28. The van der Waals surface area contributed by atoms with Crippen molar-refractivity contribution in [2.24, 2.45) is 5.73 Å². The lowest BCUT2D eigenvalue weighted by Crippen LogP contribution is -2.04. The van der Waals surface area contributed by atoms with Crippen LogP contribution in [0.2, 0.25) is 0 Å². The SMILES string of the molecule is C=C(C)SC(N)c1ccccc1. The van der Waals surface area contributed by atoms with Gasteiger partial charge in [0.1, 0.15) is 0 Å². The third-order valence-electron chi connectivity index (χ3n) is 1.46. The van der Waals surface area contributed by atoms with Crippen LogP contribution in [0, 0.1) is 0 Å². The van der Waals surface area contributed by atoms with E-state index >= 15 is 0 Å². The van der Waals surface area contributed by atoms with Crippen LogP contribution in [-0.4, -0.2) is 0 Å². The Morgan fingerprint density at radius 1 is 1.42 bits per heavy atom. The molecule has 0 saturated heterocycles. The third kappa shape index (κ3) is 2.72. The summed E-state index contributed by atoms with van der Waals surface area (Å²) in [4.78, 5) is 1.05. The first-order valence-corrected chi connectivity index (χ1v) is 4.71. The van der Waals surface area contributed by atoms with Gasteiger partial charge in [0.05, 0.1) is 5.37 Å². The predicted octanol–water partition coefficient (Wildman–Crippen LogP) is 2.91. The maximum atomic E-state index is 5.90. The van der Waals surface area contributed by atoms with E-state index in [-0.39, 0.29) is 5.37 Å². The fourth-order valence-corrected chi connectivity index (χ4v) is 1.65. The van der Waals surface area contributed by atoms with Crippen LogP contribution in [0.1, 0.15) is 17.9 Å². The van der Waals surface area contributed by atoms with Crippen molar-refractivity contribution in [1.29, 1.82) is 0 Å². The van der Waals surface area contributed by atoms with E-state index < -0.39 is 0 Å². The molecule has 0 amide bonds. The molecule has 0 aromatic heterocycles. The molecule has 1 aromatic carbocycles. The summed E-state index contributed by atoms with van der Waals surface area (Å²) < 4.78 is 0. The molecule has 64 valence electrons. The van der Waals surface area contributed by atoms with Gasteiger partial charge in [0, 0.05) is 0 Å². The Bertz CT molecular complexity index is 256. The van der Waals surface area contributed by atoms with Crippen LogP contribution in [0.4, 0.5) is 0 Å². The molecule has 1 nitrogen and oxygen atoms in total. The second-order valence-electron chi connectivity index (χ2n) is 2.65. The molecule has 0 bridgehead atoms. The highest BCUT2D eigenvalue weighted by atomic mass is 32.2. The molecule has 1 aromatic rings. The van der Waals surface area contributed by atoms with Crippen molar-refractivity contribution in [1.82, 2.24) is 0 Å². The minimum absolute atomic E-state index is 0.0173. The first-order chi connectivity index (χ1) is 5.70. The molecular weight excluding hydrogens is 166 g/mol. The predicted molar refractivity (Wildman–Crippen MR) is 55.8 cm³/mol. The molecule has 1 rings (SSSR count). The molecule has 0 fully saturated rings. The molecule has 0 radical (unpaired) electrons. The Balaban J connectivity index is 2.65. The Morgan fingerprint density at radius 2 is 2.00 bits per heavy atom. The Morgan fingerprint density at radius 3 is 2.50 bits per heavy atom. The van der Waals surface area contributed by atoms with Gasteiger partial charge in [-0.2, -0.15) is 0 Å². The van der Waals surface area contributed by atoms with Crippen LogP contribution >= 0.6 is 11.8 Å². The van der Waals surface area contributed by atoms with Gasteiger partial charge in [0.2, 0.25) is 0 Å². The van der Waals surface area contributed by atoms with Gasteiger partial charge in [-0.3, -0.25) is 0 Å². The Labute approximate surface area is 77.7 Å². The van der Waals surface area contributed by atoms with Gasteiger partial charge >= 0.3 is 0 Å². The van der Waals surface area contributed by atoms with Gasteiger partial charge in [-0.1, -0.05) is 36.9 Å². The van der Waals surface area contributed by atoms with E-state index in [4.69, 9.17) is 5.73 Å².